The van der Waals surface area contributed by atoms with Gasteiger partial charge in [0.25, 0.3) is 0 Å². The number of pyridine rings is 2. The van der Waals surface area contributed by atoms with Crippen LogP contribution in [0.4, 0.5) is 15.9 Å². The molecule has 2 unspecified atom stereocenters. The number of rotatable bonds is 3. The second kappa shape index (κ2) is 8.54. The van der Waals surface area contributed by atoms with Crippen LogP contribution < -0.4 is 15.1 Å². The molecule has 7 heteroatoms. The Morgan fingerprint density at radius 1 is 1.23 bits per heavy atom. The van der Waals surface area contributed by atoms with Gasteiger partial charge in [0, 0.05) is 55.0 Å². The second-order valence-electron chi connectivity index (χ2n) is 8.68. The number of hydrogen-bond acceptors (Lipinski definition) is 6. The van der Waals surface area contributed by atoms with Crippen molar-refractivity contribution in [2.75, 3.05) is 36.0 Å². The predicted molar refractivity (Wildman–Crippen MR) is 126 cm³/mol. The summed E-state index contributed by atoms with van der Waals surface area (Å²) in [6.07, 6.45) is 6.92. The highest BCUT2D eigenvalue weighted by Crippen LogP contribution is 2.46. The van der Waals surface area contributed by atoms with Crippen LogP contribution in [0.5, 0.6) is 0 Å². The third-order valence-electron chi connectivity index (χ3n) is 6.29. The monoisotopic (exact) mass is 437 g/mol. The Hall–Kier alpha value is -2.54. The van der Waals surface area contributed by atoms with E-state index >= 15 is 4.39 Å². The molecule has 0 bridgehead atoms. The third-order valence-corrected chi connectivity index (χ3v) is 7.67. The summed E-state index contributed by atoms with van der Waals surface area (Å²) in [7, 11) is 0. The summed E-state index contributed by atoms with van der Waals surface area (Å²) in [5, 5.41) is 3.39. The molecule has 5 nitrogen and oxygen atoms in total. The van der Waals surface area contributed by atoms with Gasteiger partial charge in [-0.15, -0.1) is 0 Å². The fourth-order valence-corrected chi connectivity index (χ4v) is 5.93. The maximum atomic E-state index is 15.0. The van der Waals surface area contributed by atoms with Crippen LogP contribution in [0.1, 0.15) is 37.1 Å². The van der Waals surface area contributed by atoms with Crippen molar-refractivity contribution >= 4 is 23.3 Å². The van der Waals surface area contributed by atoms with Crippen molar-refractivity contribution in [2.24, 2.45) is 5.92 Å². The van der Waals surface area contributed by atoms with Gasteiger partial charge in [0.1, 0.15) is 11.2 Å². The van der Waals surface area contributed by atoms with E-state index in [9.17, 15) is 0 Å². The van der Waals surface area contributed by atoms with Crippen LogP contribution in [-0.4, -0.2) is 36.1 Å². The first-order valence-electron chi connectivity index (χ1n) is 11.0. The molecule has 0 radical (unpaired) electrons. The topological polar surface area (TPSA) is 44.3 Å². The van der Waals surface area contributed by atoms with Crippen LogP contribution in [0.3, 0.4) is 0 Å². The van der Waals surface area contributed by atoms with Crippen LogP contribution in [0.25, 0.3) is 0 Å². The summed E-state index contributed by atoms with van der Waals surface area (Å²) < 4.78 is 15.0. The Balaban J connectivity index is 1.29. The van der Waals surface area contributed by atoms with Crippen molar-refractivity contribution in [2.45, 2.75) is 31.6 Å². The summed E-state index contributed by atoms with van der Waals surface area (Å²) in [6, 6.07) is 7.91. The third kappa shape index (κ3) is 4.15. The van der Waals surface area contributed by atoms with Gasteiger partial charge >= 0.3 is 0 Å². The first-order chi connectivity index (χ1) is 15.1. The summed E-state index contributed by atoms with van der Waals surface area (Å²) in [5.41, 5.74) is 3.93. The first-order valence-corrected chi connectivity index (χ1v) is 11.9. The largest absolute Gasteiger partial charge is 0.371 e. The number of nitrogens with one attached hydrogen (secondary N) is 1. The van der Waals surface area contributed by atoms with Crippen molar-refractivity contribution in [1.29, 1.82) is 0 Å². The zero-order valence-corrected chi connectivity index (χ0v) is 18.7. The van der Waals surface area contributed by atoms with Crippen LogP contribution >= 0.6 is 11.8 Å². The molecule has 0 aliphatic carbocycles. The van der Waals surface area contributed by atoms with Crippen LogP contribution in [0.2, 0.25) is 0 Å². The predicted octanol–water partition coefficient (Wildman–Crippen LogP) is 4.87. The lowest BCUT2D eigenvalue weighted by Gasteiger charge is -2.32. The molecule has 2 aromatic rings. The molecule has 2 aromatic heterocycles. The number of aromatic nitrogens is 2. The summed E-state index contributed by atoms with van der Waals surface area (Å²) in [5.74, 6) is 1.00. The molecule has 1 saturated heterocycles. The standard InChI is InChI=1S/C24H28FN5S/c1-16-5-4-11-30(14-16)21-8-7-19(23(25)28-21)24-27-20-9-12-29(15-17(2)22(20)31-24)18-6-3-10-26-13-18/h3,6-8,10,13,16,24,27H,2,4-5,9,11-12,14-15H2,1H3. The average molecular weight is 438 g/mol. The van der Waals surface area contributed by atoms with Crippen molar-refractivity contribution in [3.63, 3.8) is 0 Å². The lowest BCUT2D eigenvalue weighted by Crippen LogP contribution is -2.35. The number of anilines is 2. The molecule has 0 spiro atoms. The Bertz CT molecular complexity index is 1010. The minimum Gasteiger partial charge on any atom is -0.371 e. The molecule has 5 heterocycles. The number of nitrogens with zero attached hydrogens (tertiary/aromatic N) is 4. The summed E-state index contributed by atoms with van der Waals surface area (Å²) >= 11 is 1.66. The van der Waals surface area contributed by atoms with Crippen LogP contribution in [0, 0.1) is 11.9 Å². The normalized spacial score (nSPS) is 24.1. The van der Waals surface area contributed by atoms with E-state index in [0.29, 0.717) is 11.5 Å². The average Bonchev–Trinajstić information content (AvgIpc) is 3.14. The van der Waals surface area contributed by atoms with Gasteiger partial charge < -0.3 is 15.1 Å². The Labute approximate surface area is 187 Å². The van der Waals surface area contributed by atoms with E-state index in [2.05, 4.69) is 44.7 Å². The molecular weight excluding hydrogens is 409 g/mol. The molecule has 2 atom stereocenters. The van der Waals surface area contributed by atoms with Crippen molar-refractivity contribution in [1.82, 2.24) is 15.3 Å². The fourth-order valence-electron chi connectivity index (χ4n) is 4.66. The van der Waals surface area contributed by atoms with Gasteiger partial charge in [0.2, 0.25) is 5.95 Å². The molecule has 0 aromatic carbocycles. The van der Waals surface area contributed by atoms with Crippen LogP contribution in [-0.2, 0) is 0 Å². The van der Waals surface area contributed by atoms with Gasteiger partial charge in [-0.1, -0.05) is 25.3 Å². The van der Waals surface area contributed by atoms with Gasteiger partial charge in [-0.2, -0.15) is 4.39 Å². The smallest absolute Gasteiger partial charge is 0.220 e. The number of halogens is 1. The van der Waals surface area contributed by atoms with Crippen LogP contribution in [0.15, 0.2) is 59.4 Å². The maximum absolute atomic E-state index is 15.0. The van der Waals surface area contributed by atoms with E-state index in [1.54, 1.807) is 18.0 Å². The Morgan fingerprint density at radius 2 is 2.13 bits per heavy atom. The fraction of sp³-hybridized carbons (Fsp3) is 0.417. The number of hydrogen-bond donors (Lipinski definition) is 1. The van der Waals surface area contributed by atoms with Crippen molar-refractivity contribution < 1.29 is 4.39 Å². The van der Waals surface area contributed by atoms with E-state index in [1.807, 2.05) is 24.4 Å². The minimum atomic E-state index is -0.374. The van der Waals surface area contributed by atoms with E-state index in [1.165, 1.54) is 6.42 Å². The van der Waals surface area contributed by atoms with Crippen molar-refractivity contribution in [3.8, 4) is 0 Å². The zero-order chi connectivity index (χ0) is 21.4. The highest BCUT2D eigenvalue weighted by Gasteiger charge is 2.32. The molecule has 0 amide bonds. The minimum absolute atomic E-state index is 0.159. The summed E-state index contributed by atoms with van der Waals surface area (Å²) in [4.78, 5) is 14.2. The highest BCUT2D eigenvalue weighted by molar-refractivity contribution is 8.03. The number of piperidine rings is 1. The molecule has 5 rings (SSSR count). The van der Waals surface area contributed by atoms with Gasteiger partial charge in [-0.3, -0.25) is 4.98 Å². The molecule has 1 N–H and O–H groups in total. The maximum Gasteiger partial charge on any atom is 0.220 e. The van der Waals surface area contributed by atoms with Gasteiger partial charge in [-0.25, -0.2) is 4.98 Å². The van der Waals surface area contributed by atoms with E-state index in [-0.39, 0.29) is 11.3 Å². The zero-order valence-electron chi connectivity index (χ0n) is 17.9. The lowest BCUT2D eigenvalue weighted by atomic mass is 10.0. The summed E-state index contributed by atoms with van der Waals surface area (Å²) in [6.45, 7) is 10.1. The van der Waals surface area contributed by atoms with Gasteiger partial charge in [-0.05, 0) is 48.6 Å². The van der Waals surface area contributed by atoms with E-state index < -0.39 is 0 Å². The second-order valence-corrected chi connectivity index (χ2v) is 9.79. The van der Waals surface area contributed by atoms with E-state index in [4.69, 9.17) is 0 Å². The molecule has 1 fully saturated rings. The quantitative estimate of drug-likeness (QED) is 0.692. The van der Waals surface area contributed by atoms with Crippen molar-refractivity contribution in [3.05, 3.63) is 70.9 Å². The lowest BCUT2D eigenvalue weighted by molar-refractivity contribution is 0.442. The Morgan fingerprint density at radius 3 is 2.90 bits per heavy atom. The van der Waals surface area contributed by atoms with Gasteiger partial charge in [0.05, 0.1) is 11.9 Å². The Kier molecular flexibility index (Phi) is 5.61. The molecule has 3 aliphatic rings. The molecule has 31 heavy (non-hydrogen) atoms. The SMILES string of the molecule is C=C1CN(c2cccnc2)CCC2=C1SC(c1ccc(N3CCCC(C)C3)nc1F)N2. The number of thioether (sulfide) groups is 1. The van der Waals surface area contributed by atoms with Gasteiger partial charge in [0.15, 0.2) is 0 Å². The highest BCUT2D eigenvalue weighted by atomic mass is 32.2. The molecule has 3 aliphatic heterocycles. The first kappa shape index (κ1) is 20.4. The molecule has 162 valence electrons. The van der Waals surface area contributed by atoms with E-state index in [0.717, 1.165) is 66.7 Å². The molecule has 0 saturated carbocycles. The molecular formula is C24H28FN5S.